The topological polar surface area (TPSA) is 70.8 Å². The number of carbonyl (C=O) groups excluding carboxylic acids is 1. The number of hydrogen-bond acceptors (Lipinski definition) is 5. The molecule has 0 saturated carbocycles. The molecule has 1 aliphatic rings. The van der Waals surface area contributed by atoms with Gasteiger partial charge in [-0.3, -0.25) is 4.79 Å². The average Bonchev–Trinajstić information content (AvgIpc) is 3.46. The quantitative estimate of drug-likeness (QED) is 0.476. The number of nitrogens with zero attached hydrogens (tertiary/aromatic N) is 2. The third-order valence-corrected chi connectivity index (χ3v) is 9.18. The lowest BCUT2D eigenvalue weighted by Gasteiger charge is -2.33. The third-order valence-electron chi connectivity index (χ3n) is 6.30. The molecule has 0 unspecified atom stereocenters. The van der Waals surface area contributed by atoms with Crippen LogP contribution in [0.25, 0.3) is 0 Å². The second kappa shape index (κ2) is 9.83. The Hall–Kier alpha value is -2.42. The van der Waals surface area contributed by atoms with Crippen molar-refractivity contribution in [2.24, 2.45) is 5.92 Å². The summed E-state index contributed by atoms with van der Waals surface area (Å²) in [5.41, 5.74) is 2.02. The highest BCUT2D eigenvalue weighted by Gasteiger charge is 2.34. The Labute approximate surface area is 199 Å². The number of aryl methyl sites for hydroxylation is 3. The highest BCUT2D eigenvalue weighted by molar-refractivity contribution is 7.89. The van der Waals surface area contributed by atoms with E-state index >= 15 is 0 Å². The summed E-state index contributed by atoms with van der Waals surface area (Å²) >= 11 is 1.68. The Morgan fingerprint density at radius 2 is 1.82 bits per heavy atom. The molecule has 1 saturated heterocycles. The maximum atomic E-state index is 13.5. The van der Waals surface area contributed by atoms with E-state index in [0.29, 0.717) is 43.9 Å². The molecule has 1 amide bonds. The molecular formula is C25H30N2O4S2. The number of sulfonamides is 1. The van der Waals surface area contributed by atoms with E-state index in [1.807, 2.05) is 36.9 Å². The lowest BCUT2D eigenvalue weighted by molar-refractivity contribution is -0.138. The number of benzene rings is 1. The van der Waals surface area contributed by atoms with E-state index in [1.54, 1.807) is 29.7 Å². The maximum Gasteiger partial charge on any atom is 0.243 e. The van der Waals surface area contributed by atoms with Crippen molar-refractivity contribution < 1.29 is 17.6 Å². The Morgan fingerprint density at radius 3 is 2.42 bits per heavy atom. The Kier molecular flexibility index (Phi) is 7.07. The van der Waals surface area contributed by atoms with Crippen LogP contribution in [-0.2, 0) is 27.9 Å². The average molecular weight is 487 g/mol. The first-order chi connectivity index (χ1) is 15.7. The van der Waals surface area contributed by atoms with Crippen molar-refractivity contribution in [1.29, 1.82) is 0 Å². The number of carbonyl (C=O) groups is 1. The van der Waals surface area contributed by atoms with Crippen molar-refractivity contribution in [2.75, 3.05) is 13.1 Å². The van der Waals surface area contributed by atoms with Crippen molar-refractivity contribution >= 4 is 27.3 Å². The van der Waals surface area contributed by atoms with Crippen LogP contribution in [0.3, 0.4) is 0 Å². The second-order valence-electron chi connectivity index (χ2n) is 8.71. The summed E-state index contributed by atoms with van der Waals surface area (Å²) in [6.45, 7) is 7.56. The summed E-state index contributed by atoms with van der Waals surface area (Å²) in [5.74, 6) is 0.597. The maximum absolute atomic E-state index is 13.5. The molecule has 176 valence electrons. The number of furan rings is 1. The molecular weight excluding hydrogens is 456 g/mol. The van der Waals surface area contributed by atoms with Crippen LogP contribution in [-0.4, -0.2) is 36.6 Å². The molecule has 0 spiro atoms. The molecule has 3 aromatic rings. The number of amides is 1. The molecule has 3 heterocycles. The van der Waals surface area contributed by atoms with Gasteiger partial charge in [-0.2, -0.15) is 4.31 Å². The first-order valence-corrected chi connectivity index (χ1v) is 13.4. The third kappa shape index (κ3) is 5.39. The van der Waals surface area contributed by atoms with Crippen molar-refractivity contribution in [2.45, 2.75) is 51.6 Å². The zero-order valence-corrected chi connectivity index (χ0v) is 20.9. The van der Waals surface area contributed by atoms with Crippen molar-refractivity contribution in [3.05, 3.63) is 75.4 Å². The van der Waals surface area contributed by atoms with Crippen LogP contribution in [0.5, 0.6) is 0 Å². The number of hydrogen-bond donors (Lipinski definition) is 0. The fraction of sp³-hybridized carbons (Fsp3) is 0.400. The monoisotopic (exact) mass is 486 g/mol. The lowest BCUT2D eigenvalue weighted by atomic mass is 9.96. The smallest absolute Gasteiger partial charge is 0.243 e. The van der Waals surface area contributed by atoms with Crippen LogP contribution in [0.15, 0.2) is 58.0 Å². The molecule has 0 bridgehead atoms. The van der Waals surface area contributed by atoms with Crippen LogP contribution >= 0.6 is 11.3 Å². The minimum Gasteiger partial charge on any atom is -0.467 e. The Balaban J connectivity index is 1.45. The normalized spacial score (nSPS) is 15.6. The zero-order chi connectivity index (χ0) is 23.6. The number of rotatable bonds is 7. The van der Waals surface area contributed by atoms with E-state index in [-0.39, 0.29) is 11.8 Å². The van der Waals surface area contributed by atoms with Crippen LogP contribution in [0.1, 0.15) is 39.5 Å². The fourth-order valence-electron chi connectivity index (χ4n) is 4.19. The van der Waals surface area contributed by atoms with Gasteiger partial charge in [0.2, 0.25) is 15.9 Å². The van der Waals surface area contributed by atoms with Gasteiger partial charge in [0, 0.05) is 28.8 Å². The van der Waals surface area contributed by atoms with Gasteiger partial charge in [-0.15, -0.1) is 11.3 Å². The summed E-state index contributed by atoms with van der Waals surface area (Å²) in [5, 5.41) is 0. The molecule has 0 atom stereocenters. The van der Waals surface area contributed by atoms with Gasteiger partial charge in [0.25, 0.3) is 0 Å². The highest BCUT2D eigenvalue weighted by Crippen LogP contribution is 2.28. The summed E-state index contributed by atoms with van der Waals surface area (Å²) in [6, 6.07) is 13.1. The molecule has 8 heteroatoms. The van der Waals surface area contributed by atoms with Gasteiger partial charge >= 0.3 is 0 Å². The lowest BCUT2D eigenvalue weighted by Crippen LogP contribution is -2.44. The van der Waals surface area contributed by atoms with Crippen molar-refractivity contribution in [3.63, 3.8) is 0 Å². The van der Waals surface area contributed by atoms with Gasteiger partial charge in [0.05, 0.1) is 24.2 Å². The first-order valence-electron chi connectivity index (χ1n) is 11.2. The summed E-state index contributed by atoms with van der Waals surface area (Å²) in [7, 11) is -3.56. The largest absolute Gasteiger partial charge is 0.467 e. The molecule has 6 nitrogen and oxygen atoms in total. The van der Waals surface area contributed by atoms with Gasteiger partial charge in [0.15, 0.2) is 0 Å². The predicted molar refractivity (Wildman–Crippen MR) is 129 cm³/mol. The second-order valence-corrected chi connectivity index (χ2v) is 12.0. The molecule has 1 aromatic carbocycles. The van der Waals surface area contributed by atoms with Gasteiger partial charge in [0.1, 0.15) is 5.76 Å². The summed E-state index contributed by atoms with van der Waals surface area (Å²) < 4.78 is 33.3. The SMILES string of the molecule is Cc1ccc(CN(Cc2ccco2)C(=O)C2CCN(S(=O)(=O)c3ccc(C)c(C)c3)CC2)s1. The Morgan fingerprint density at radius 1 is 1.06 bits per heavy atom. The molecule has 0 radical (unpaired) electrons. The zero-order valence-electron chi connectivity index (χ0n) is 19.3. The standard InChI is InChI=1S/C25H30N2O4S2/c1-18-6-9-24(15-19(18)2)33(29,30)27-12-10-21(11-13-27)25(28)26(16-22-5-4-14-31-22)17-23-8-7-20(3)32-23/h4-9,14-15,21H,10-13,16-17H2,1-3H3. The van der Waals surface area contributed by atoms with E-state index in [1.165, 1.54) is 9.18 Å². The molecule has 2 aromatic heterocycles. The predicted octanol–water partition coefficient (Wildman–Crippen LogP) is 4.90. The molecule has 1 aliphatic heterocycles. The van der Waals surface area contributed by atoms with Gasteiger partial charge < -0.3 is 9.32 Å². The van der Waals surface area contributed by atoms with Crippen LogP contribution < -0.4 is 0 Å². The minimum atomic E-state index is -3.56. The van der Waals surface area contributed by atoms with E-state index in [2.05, 4.69) is 19.1 Å². The highest BCUT2D eigenvalue weighted by atomic mass is 32.2. The van der Waals surface area contributed by atoms with E-state index in [4.69, 9.17) is 4.42 Å². The summed E-state index contributed by atoms with van der Waals surface area (Å²) in [6.07, 6.45) is 2.64. The first kappa shape index (κ1) is 23.7. The van der Waals surface area contributed by atoms with E-state index < -0.39 is 10.0 Å². The summed E-state index contributed by atoms with van der Waals surface area (Å²) in [4.78, 5) is 18.0. The molecule has 1 fully saturated rings. The van der Waals surface area contributed by atoms with E-state index in [0.717, 1.165) is 21.8 Å². The Bertz CT molecular complexity index is 1210. The molecule has 0 N–H and O–H groups in total. The molecule has 4 rings (SSSR count). The minimum absolute atomic E-state index is 0.0562. The number of thiophene rings is 1. The van der Waals surface area contributed by atoms with Crippen LogP contribution in [0.2, 0.25) is 0 Å². The van der Waals surface area contributed by atoms with E-state index in [9.17, 15) is 13.2 Å². The molecule has 0 aliphatic carbocycles. The van der Waals surface area contributed by atoms with Crippen LogP contribution in [0.4, 0.5) is 0 Å². The van der Waals surface area contributed by atoms with Gasteiger partial charge in [-0.25, -0.2) is 8.42 Å². The van der Waals surface area contributed by atoms with Crippen molar-refractivity contribution in [3.8, 4) is 0 Å². The van der Waals surface area contributed by atoms with Gasteiger partial charge in [-0.1, -0.05) is 6.07 Å². The number of piperidine rings is 1. The van der Waals surface area contributed by atoms with Gasteiger partial charge in [-0.05, 0) is 81.1 Å². The van der Waals surface area contributed by atoms with Crippen molar-refractivity contribution in [1.82, 2.24) is 9.21 Å². The molecule has 33 heavy (non-hydrogen) atoms. The van der Waals surface area contributed by atoms with Crippen LogP contribution in [0, 0.1) is 26.7 Å². The fourth-order valence-corrected chi connectivity index (χ4v) is 6.65.